The summed E-state index contributed by atoms with van der Waals surface area (Å²) in [4.78, 5) is 35.5. The van der Waals surface area contributed by atoms with Crippen LogP contribution in [0.2, 0.25) is 0 Å². The van der Waals surface area contributed by atoms with Gasteiger partial charge in [0.2, 0.25) is 0 Å². The van der Waals surface area contributed by atoms with Crippen molar-refractivity contribution in [3.8, 4) is 5.75 Å². The summed E-state index contributed by atoms with van der Waals surface area (Å²) in [5.41, 5.74) is 4.38. The lowest BCUT2D eigenvalue weighted by Crippen LogP contribution is -2.41. The SMILES string of the molecule is Cc1cccc(NC(=O)COc2ccc(Br)cc2/C=N\NC(=O)C(=O)NC(C)C)c1. The molecular weight excluding hydrogens is 452 g/mol. The smallest absolute Gasteiger partial charge is 0.329 e. The lowest BCUT2D eigenvalue weighted by atomic mass is 10.2. The van der Waals surface area contributed by atoms with Crippen LogP contribution in [0.5, 0.6) is 5.75 Å². The second kappa shape index (κ2) is 11.1. The second-order valence-electron chi connectivity index (χ2n) is 6.72. The minimum Gasteiger partial charge on any atom is -0.483 e. The van der Waals surface area contributed by atoms with Crippen LogP contribution in [0.25, 0.3) is 0 Å². The standard InChI is InChI=1S/C21H23BrN4O4/c1-13(2)24-20(28)21(29)26-23-11-15-10-16(22)7-8-18(15)30-12-19(27)25-17-6-4-5-14(3)9-17/h4-11,13H,12H2,1-3H3,(H,24,28)(H,25,27)(H,26,29)/b23-11-. The van der Waals surface area contributed by atoms with E-state index in [2.05, 4.69) is 37.1 Å². The van der Waals surface area contributed by atoms with E-state index in [4.69, 9.17) is 4.74 Å². The van der Waals surface area contributed by atoms with Gasteiger partial charge in [0.15, 0.2) is 6.61 Å². The largest absolute Gasteiger partial charge is 0.483 e. The summed E-state index contributed by atoms with van der Waals surface area (Å²) in [6.45, 7) is 5.22. The first-order valence-corrected chi connectivity index (χ1v) is 9.96. The molecule has 158 valence electrons. The highest BCUT2D eigenvalue weighted by atomic mass is 79.9. The van der Waals surface area contributed by atoms with Crippen LogP contribution >= 0.6 is 15.9 Å². The summed E-state index contributed by atoms with van der Waals surface area (Å²) >= 11 is 3.35. The number of hydrogen-bond donors (Lipinski definition) is 3. The topological polar surface area (TPSA) is 109 Å². The molecule has 0 radical (unpaired) electrons. The number of carbonyl (C=O) groups excluding carboxylic acids is 3. The molecule has 0 aliphatic carbocycles. The number of halogens is 1. The van der Waals surface area contributed by atoms with E-state index >= 15 is 0 Å². The lowest BCUT2D eigenvalue weighted by Gasteiger charge is -2.10. The Morgan fingerprint density at radius 1 is 1.13 bits per heavy atom. The highest BCUT2D eigenvalue weighted by Crippen LogP contribution is 2.22. The van der Waals surface area contributed by atoms with Gasteiger partial charge in [-0.05, 0) is 56.7 Å². The molecule has 0 aliphatic heterocycles. The van der Waals surface area contributed by atoms with E-state index < -0.39 is 11.8 Å². The van der Waals surface area contributed by atoms with Crippen molar-refractivity contribution in [3.63, 3.8) is 0 Å². The summed E-state index contributed by atoms with van der Waals surface area (Å²) in [6.07, 6.45) is 1.33. The fraction of sp³-hybridized carbons (Fsp3) is 0.238. The van der Waals surface area contributed by atoms with Crippen molar-refractivity contribution in [2.24, 2.45) is 5.10 Å². The zero-order valence-electron chi connectivity index (χ0n) is 16.9. The van der Waals surface area contributed by atoms with Gasteiger partial charge >= 0.3 is 11.8 Å². The third-order valence-electron chi connectivity index (χ3n) is 3.63. The van der Waals surface area contributed by atoms with Gasteiger partial charge in [-0.25, -0.2) is 5.43 Å². The molecule has 0 atom stereocenters. The monoisotopic (exact) mass is 474 g/mol. The number of hydrazone groups is 1. The fourth-order valence-corrected chi connectivity index (χ4v) is 2.73. The lowest BCUT2D eigenvalue weighted by molar-refractivity contribution is -0.139. The molecular formula is C21H23BrN4O4. The average molecular weight is 475 g/mol. The Morgan fingerprint density at radius 3 is 2.60 bits per heavy atom. The molecule has 0 saturated carbocycles. The summed E-state index contributed by atoms with van der Waals surface area (Å²) in [6, 6.07) is 12.4. The summed E-state index contributed by atoms with van der Waals surface area (Å²) in [7, 11) is 0. The molecule has 0 heterocycles. The highest BCUT2D eigenvalue weighted by molar-refractivity contribution is 9.10. The van der Waals surface area contributed by atoms with Crippen LogP contribution in [0.4, 0.5) is 5.69 Å². The second-order valence-corrected chi connectivity index (χ2v) is 7.63. The number of carbonyl (C=O) groups is 3. The van der Waals surface area contributed by atoms with Crippen molar-refractivity contribution >= 4 is 45.6 Å². The van der Waals surface area contributed by atoms with Crippen molar-refractivity contribution < 1.29 is 19.1 Å². The molecule has 0 unspecified atom stereocenters. The molecule has 0 fully saturated rings. The van der Waals surface area contributed by atoms with Crippen LogP contribution in [0, 0.1) is 6.92 Å². The Bertz CT molecular complexity index is 960. The number of rotatable bonds is 7. The van der Waals surface area contributed by atoms with Crippen LogP contribution in [0.3, 0.4) is 0 Å². The molecule has 2 aromatic carbocycles. The first-order chi connectivity index (χ1) is 14.2. The summed E-state index contributed by atoms with van der Waals surface area (Å²) < 4.78 is 6.35. The molecule has 0 saturated heterocycles. The van der Waals surface area contributed by atoms with Gasteiger partial charge in [-0.1, -0.05) is 28.1 Å². The van der Waals surface area contributed by atoms with Gasteiger partial charge in [-0.3, -0.25) is 14.4 Å². The molecule has 2 rings (SSSR count). The van der Waals surface area contributed by atoms with Crippen LogP contribution in [0.1, 0.15) is 25.0 Å². The number of ether oxygens (including phenoxy) is 1. The van der Waals surface area contributed by atoms with Crippen LogP contribution < -0.4 is 20.8 Å². The summed E-state index contributed by atoms with van der Waals surface area (Å²) in [5.74, 6) is -1.58. The van der Waals surface area contributed by atoms with E-state index in [0.29, 0.717) is 17.0 Å². The maximum absolute atomic E-state index is 12.2. The first-order valence-electron chi connectivity index (χ1n) is 9.17. The normalized spacial score (nSPS) is 10.7. The van der Waals surface area contributed by atoms with Gasteiger partial charge in [0.1, 0.15) is 5.75 Å². The Balaban J connectivity index is 1.98. The predicted octanol–water partition coefficient (Wildman–Crippen LogP) is 2.75. The Labute approximate surface area is 183 Å². The van der Waals surface area contributed by atoms with Gasteiger partial charge < -0.3 is 15.4 Å². The quantitative estimate of drug-likeness (QED) is 0.325. The van der Waals surface area contributed by atoms with Crippen LogP contribution in [-0.4, -0.2) is 36.6 Å². The maximum Gasteiger partial charge on any atom is 0.329 e. The van der Waals surface area contributed by atoms with Gasteiger partial charge in [0.25, 0.3) is 5.91 Å². The van der Waals surface area contributed by atoms with Gasteiger partial charge in [-0.15, -0.1) is 0 Å². The Hall–Kier alpha value is -3.20. The zero-order valence-corrected chi connectivity index (χ0v) is 18.4. The van der Waals surface area contributed by atoms with Crippen molar-refractivity contribution in [1.29, 1.82) is 0 Å². The van der Waals surface area contributed by atoms with Crippen molar-refractivity contribution in [3.05, 3.63) is 58.1 Å². The Morgan fingerprint density at radius 2 is 1.90 bits per heavy atom. The Kier molecular flexibility index (Phi) is 8.54. The highest BCUT2D eigenvalue weighted by Gasteiger charge is 2.13. The van der Waals surface area contributed by atoms with E-state index in [1.54, 1.807) is 38.1 Å². The maximum atomic E-state index is 12.2. The molecule has 3 amide bonds. The molecule has 2 aromatic rings. The van der Waals surface area contributed by atoms with Crippen LogP contribution in [-0.2, 0) is 14.4 Å². The number of nitrogens with zero attached hydrogens (tertiary/aromatic N) is 1. The average Bonchev–Trinajstić information content (AvgIpc) is 2.66. The first kappa shape index (κ1) is 23.1. The van der Waals surface area contributed by atoms with Crippen molar-refractivity contribution in [2.45, 2.75) is 26.8 Å². The number of benzene rings is 2. The predicted molar refractivity (Wildman–Crippen MR) is 118 cm³/mol. The number of nitrogens with one attached hydrogen (secondary N) is 3. The third-order valence-corrected chi connectivity index (χ3v) is 4.12. The molecule has 3 N–H and O–H groups in total. The van der Waals surface area contributed by atoms with Crippen molar-refractivity contribution in [2.75, 3.05) is 11.9 Å². The molecule has 0 aromatic heterocycles. The molecule has 0 aliphatic rings. The van der Waals surface area contributed by atoms with E-state index in [1.165, 1.54) is 6.21 Å². The fourth-order valence-electron chi connectivity index (χ4n) is 2.35. The van der Waals surface area contributed by atoms with E-state index in [0.717, 1.165) is 10.0 Å². The zero-order chi connectivity index (χ0) is 22.1. The number of amides is 3. The number of aryl methyl sites for hydroxylation is 1. The van der Waals surface area contributed by atoms with Crippen LogP contribution in [0.15, 0.2) is 52.0 Å². The summed E-state index contributed by atoms with van der Waals surface area (Å²) in [5, 5.41) is 9.02. The minimum atomic E-state index is -0.880. The molecule has 0 spiro atoms. The number of hydrogen-bond acceptors (Lipinski definition) is 5. The van der Waals surface area contributed by atoms with Gasteiger partial charge in [-0.2, -0.15) is 5.10 Å². The minimum absolute atomic E-state index is 0.164. The van der Waals surface area contributed by atoms with E-state index in [1.807, 2.05) is 25.1 Å². The third kappa shape index (κ3) is 7.67. The van der Waals surface area contributed by atoms with Crippen molar-refractivity contribution in [1.82, 2.24) is 10.7 Å². The van der Waals surface area contributed by atoms with E-state index in [-0.39, 0.29) is 18.6 Å². The van der Waals surface area contributed by atoms with Gasteiger partial charge in [0, 0.05) is 21.8 Å². The molecule has 8 nitrogen and oxygen atoms in total. The number of anilines is 1. The van der Waals surface area contributed by atoms with Gasteiger partial charge in [0.05, 0.1) is 6.21 Å². The molecule has 9 heteroatoms. The molecule has 30 heavy (non-hydrogen) atoms. The molecule has 0 bridgehead atoms. The van der Waals surface area contributed by atoms with E-state index in [9.17, 15) is 14.4 Å².